The normalized spacial score (nSPS) is 16.6. The quantitative estimate of drug-likeness (QED) is 0.478. The first-order valence-corrected chi connectivity index (χ1v) is 13.6. The molecule has 2 amide bonds. The van der Waals surface area contributed by atoms with E-state index in [2.05, 4.69) is 22.4 Å². The molecule has 5 rings (SSSR count). The maximum atomic E-state index is 13.2. The minimum absolute atomic E-state index is 0.0577. The molecule has 1 aliphatic carbocycles. The van der Waals surface area contributed by atoms with Crippen molar-refractivity contribution in [3.63, 3.8) is 0 Å². The molecule has 36 heavy (non-hydrogen) atoms. The fourth-order valence-electron chi connectivity index (χ4n) is 5.06. The van der Waals surface area contributed by atoms with Gasteiger partial charge in [-0.15, -0.1) is 11.3 Å². The van der Waals surface area contributed by atoms with Crippen molar-refractivity contribution < 1.29 is 14.3 Å². The average Bonchev–Trinajstić information content (AvgIpc) is 3.52. The van der Waals surface area contributed by atoms with Gasteiger partial charge in [0.1, 0.15) is 11.4 Å². The number of hydrogen-bond donors (Lipinski definition) is 1. The molecule has 188 valence electrons. The Morgan fingerprint density at radius 2 is 1.69 bits per heavy atom. The molecule has 0 radical (unpaired) electrons. The topological polar surface area (TPSA) is 71.5 Å². The molecule has 6 nitrogen and oxygen atoms in total. The molecule has 0 spiro atoms. The number of para-hydroxylation sites is 1. The van der Waals surface area contributed by atoms with E-state index in [1.54, 1.807) is 26.0 Å². The Bertz CT molecular complexity index is 1240. The predicted octanol–water partition coefficient (Wildman–Crippen LogP) is 5.26. The minimum atomic E-state index is -1.02. The summed E-state index contributed by atoms with van der Waals surface area (Å²) < 4.78 is 5.99. The number of rotatable bonds is 6. The van der Waals surface area contributed by atoms with Gasteiger partial charge >= 0.3 is 0 Å². The van der Waals surface area contributed by atoms with Crippen LogP contribution in [-0.4, -0.2) is 46.4 Å². The molecule has 0 bridgehead atoms. The highest BCUT2D eigenvalue weighted by molar-refractivity contribution is 7.09. The lowest BCUT2D eigenvalue weighted by molar-refractivity contribution is -0.146. The number of piperidine rings is 1. The number of carbonyl (C=O) groups excluding carboxylic acids is 2. The summed E-state index contributed by atoms with van der Waals surface area (Å²) >= 11 is 7.75. The Balaban J connectivity index is 1.14. The van der Waals surface area contributed by atoms with Crippen LogP contribution in [0.15, 0.2) is 53.9 Å². The van der Waals surface area contributed by atoms with Crippen LogP contribution in [0.4, 0.5) is 0 Å². The molecule has 2 aromatic carbocycles. The van der Waals surface area contributed by atoms with Crippen LogP contribution in [0.1, 0.15) is 59.2 Å². The third kappa shape index (κ3) is 5.27. The minimum Gasteiger partial charge on any atom is -0.476 e. The maximum Gasteiger partial charge on any atom is 0.270 e. The molecule has 0 atom stereocenters. The number of hydrogen-bond acceptors (Lipinski definition) is 5. The molecule has 1 fully saturated rings. The summed E-state index contributed by atoms with van der Waals surface area (Å²) in [6.45, 7) is 4.80. The smallest absolute Gasteiger partial charge is 0.270 e. The summed E-state index contributed by atoms with van der Waals surface area (Å²) in [5, 5.41) is 6.45. The van der Waals surface area contributed by atoms with Crippen molar-refractivity contribution in [3.8, 4) is 5.75 Å². The summed E-state index contributed by atoms with van der Waals surface area (Å²) in [6.07, 6.45) is 3.34. The number of ether oxygens (including phenoxy) is 1. The van der Waals surface area contributed by atoms with E-state index in [-0.39, 0.29) is 23.8 Å². The second-order valence-corrected chi connectivity index (χ2v) is 11.3. The third-order valence-corrected chi connectivity index (χ3v) is 8.31. The number of nitrogens with zero attached hydrogens (tertiary/aromatic N) is 2. The maximum absolute atomic E-state index is 13.2. The highest BCUT2D eigenvalue weighted by atomic mass is 35.5. The third-order valence-electron chi connectivity index (χ3n) is 6.99. The van der Waals surface area contributed by atoms with Gasteiger partial charge in [0, 0.05) is 30.4 Å². The second kappa shape index (κ2) is 10.2. The van der Waals surface area contributed by atoms with Crippen LogP contribution >= 0.6 is 22.9 Å². The molecular weight excluding hydrogens is 494 g/mol. The first-order chi connectivity index (χ1) is 17.3. The molecule has 1 saturated heterocycles. The van der Waals surface area contributed by atoms with Gasteiger partial charge in [-0.2, -0.15) is 0 Å². The van der Waals surface area contributed by atoms with E-state index in [1.165, 1.54) is 22.5 Å². The Kier molecular flexibility index (Phi) is 7.04. The summed E-state index contributed by atoms with van der Waals surface area (Å²) in [6, 6.07) is 15.6. The number of aromatic nitrogens is 1. The van der Waals surface area contributed by atoms with E-state index in [0.29, 0.717) is 29.6 Å². The number of carbonyl (C=O) groups is 2. The Morgan fingerprint density at radius 1 is 1.06 bits per heavy atom. The molecular formula is C28H30ClN3O3S. The van der Waals surface area contributed by atoms with Gasteiger partial charge in [0.25, 0.3) is 11.8 Å². The first-order valence-electron chi connectivity index (χ1n) is 12.4. The average molecular weight is 524 g/mol. The fourth-order valence-corrected chi connectivity index (χ4v) is 6.20. The van der Waals surface area contributed by atoms with Crippen LogP contribution in [0, 0.1) is 0 Å². The molecule has 0 unspecified atom stereocenters. The molecule has 3 aromatic rings. The first kappa shape index (κ1) is 24.8. The van der Waals surface area contributed by atoms with Crippen LogP contribution in [0.25, 0.3) is 0 Å². The lowest BCUT2D eigenvalue weighted by Gasteiger charge is -2.36. The molecule has 0 saturated carbocycles. The number of halogens is 1. The van der Waals surface area contributed by atoms with E-state index in [9.17, 15) is 9.59 Å². The highest BCUT2D eigenvalue weighted by Crippen LogP contribution is 2.33. The predicted molar refractivity (Wildman–Crippen MR) is 142 cm³/mol. The monoisotopic (exact) mass is 523 g/mol. The van der Waals surface area contributed by atoms with Crippen LogP contribution in [0.5, 0.6) is 5.75 Å². The molecule has 1 N–H and O–H groups in total. The van der Waals surface area contributed by atoms with Gasteiger partial charge in [-0.05, 0) is 62.8 Å². The lowest BCUT2D eigenvalue weighted by atomic mass is 9.96. The van der Waals surface area contributed by atoms with Crippen molar-refractivity contribution in [1.29, 1.82) is 0 Å². The molecule has 8 heteroatoms. The zero-order chi connectivity index (χ0) is 25.3. The van der Waals surface area contributed by atoms with E-state index in [4.69, 9.17) is 16.3 Å². The largest absolute Gasteiger partial charge is 0.476 e. The zero-order valence-electron chi connectivity index (χ0n) is 20.5. The van der Waals surface area contributed by atoms with Crippen molar-refractivity contribution in [3.05, 3.63) is 80.8 Å². The van der Waals surface area contributed by atoms with Gasteiger partial charge in [-0.3, -0.25) is 9.59 Å². The zero-order valence-corrected chi connectivity index (χ0v) is 22.1. The van der Waals surface area contributed by atoms with Crippen molar-refractivity contribution in [2.24, 2.45) is 0 Å². The van der Waals surface area contributed by atoms with Gasteiger partial charge < -0.3 is 15.0 Å². The van der Waals surface area contributed by atoms with E-state index in [0.717, 1.165) is 30.7 Å². The Morgan fingerprint density at radius 3 is 2.36 bits per heavy atom. The van der Waals surface area contributed by atoms with Crippen molar-refractivity contribution in [2.75, 3.05) is 13.1 Å². The molecule has 1 aliphatic heterocycles. The molecule has 2 aliphatic rings. The summed E-state index contributed by atoms with van der Waals surface area (Å²) in [4.78, 5) is 32.6. The summed E-state index contributed by atoms with van der Waals surface area (Å²) in [5.41, 5.74) is 2.08. The van der Waals surface area contributed by atoms with E-state index < -0.39 is 5.60 Å². The lowest BCUT2D eigenvalue weighted by Crippen LogP contribution is -2.51. The van der Waals surface area contributed by atoms with Crippen LogP contribution in [0.2, 0.25) is 5.02 Å². The number of thiazole rings is 1. The van der Waals surface area contributed by atoms with Gasteiger partial charge in [-0.25, -0.2) is 4.98 Å². The van der Waals surface area contributed by atoms with E-state index in [1.807, 2.05) is 34.5 Å². The Hall–Kier alpha value is -2.90. The summed E-state index contributed by atoms with van der Waals surface area (Å²) in [7, 11) is 0. The van der Waals surface area contributed by atoms with Gasteiger partial charge in [0.15, 0.2) is 5.60 Å². The number of likely N-dealkylation sites (tertiary alicyclic amines) is 1. The van der Waals surface area contributed by atoms with E-state index >= 15 is 0 Å². The number of amides is 2. The van der Waals surface area contributed by atoms with Gasteiger partial charge in [-0.1, -0.05) is 48.0 Å². The molecule has 1 aromatic heterocycles. The van der Waals surface area contributed by atoms with Crippen molar-refractivity contribution in [2.45, 2.75) is 57.1 Å². The number of benzene rings is 2. The number of nitrogens with one attached hydrogen (secondary N) is 1. The molecule has 2 heterocycles. The van der Waals surface area contributed by atoms with Gasteiger partial charge in [0.05, 0.1) is 10.0 Å². The standard InChI is InChI=1S/C28H30ClN3O3S/c1-28(2,35-24-10-6-5-9-22(24)29)27(34)32-13-11-18(12-14-32)26-31-23(17-36-26)25(33)30-21-15-19-7-3-4-8-20(19)16-21/h3-10,17-18,21H,11-16H2,1-2H3,(H,30,33). The Labute approximate surface area is 220 Å². The fraction of sp³-hybridized carbons (Fsp3) is 0.393. The second-order valence-electron chi connectivity index (χ2n) is 10.0. The SMILES string of the molecule is CC(C)(Oc1ccccc1Cl)C(=O)N1CCC(c2nc(C(=O)NC3Cc4ccccc4C3)cs2)CC1. The van der Waals surface area contributed by atoms with Crippen LogP contribution in [0.3, 0.4) is 0 Å². The van der Waals surface area contributed by atoms with Crippen LogP contribution in [-0.2, 0) is 17.6 Å². The van der Waals surface area contributed by atoms with Gasteiger partial charge in [0.2, 0.25) is 0 Å². The van der Waals surface area contributed by atoms with Crippen molar-refractivity contribution in [1.82, 2.24) is 15.2 Å². The highest BCUT2D eigenvalue weighted by Gasteiger charge is 2.37. The number of fused-ring (bicyclic) bond motifs is 1. The van der Waals surface area contributed by atoms with Crippen LogP contribution < -0.4 is 10.1 Å². The van der Waals surface area contributed by atoms with Crippen molar-refractivity contribution >= 4 is 34.8 Å². The summed E-state index contributed by atoms with van der Waals surface area (Å²) in [5.74, 6) is 0.574.